The molecule has 2 aromatic rings. The molecule has 19 heavy (non-hydrogen) atoms. The summed E-state index contributed by atoms with van der Waals surface area (Å²) >= 11 is 1.61. The zero-order valence-electron chi connectivity index (χ0n) is 10.9. The quantitative estimate of drug-likeness (QED) is 0.870. The fourth-order valence-corrected chi connectivity index (χ4v) is 2.76. The zero-order valence-corrected chi connectivity index (χ0v) is 11.7. The van der Waals surface area contributed by atoms with E-state index in [9.17, 15) is 0 Å². The Morgan fingerprint density at radius 2 is 2.32 bits per heavy atom. The van der Waals surface area contributed by atoms with Crippen LogP contribution in [-0.2, 0) is 13.7 Å². The maximum absolute atomic E-state index is 9.15. The molecule has 0 saturated heterocycles. The van der Waals surface area contributed by atoms with Gasteiger partial charge in [0.1, 0.15) is 0 Å². The molecule has 0 aliphatic rings. The van der Waals surface area contributed by atoms with Crippen molar-refractivity contribution in [2.45, 2.75) is 23.9 Å². The van der Waals surface area contributed by atoms with Crippen molar-refractivity contribution in [1.29, 1.82) is 5.26 Å². The Labute approximate surface area is 116 Å². The summed E-state index contributed by atoms with van der Waals surface area (Å²) in [6.07, 6.45) is 1.68. The van der Waals surface area contributed by atoms with E-state index in [0.29, 0.717) is 5.56 Å². The van der Waals surface area contributed by atoms with Crippen LogP contribution in [0.5, 0.6) is 0 Å². The molecule has 1 heterocycles. The second kappa shape index (κ2) is 5.91. The molecule has 1 aromatic carbocycles. The zero-order chi connectivity index (χ0) is 13.8. The minimum absolute atomic E-state index is 0.0115. The lowest BCUT2D eigenvalue weighted by Crippen LogP contribution is -1.99. The molecule has 98 valence electrons. The van der Waals surface area contributed by atoms with Gasteiger partial charge in [-0.25, -0.2) is 4.98 Å². The number of nitrogens with zero attached hydrogens (tertiary/aromatic N) is 3. The average Bonchev–Trinajstić information content (AvgIpc) is 2.79. The fraction of sp³-hybridized carbons (Fsp3) is 0.286. The van der Waals surface area contributed by atoms with E-state index in [-0.39, 0.29) is 11.9 Å². The van der Waals surface area contributed by atoms with Crippen molar-refractivity contribution in [3.05, 3.63) is 47.3 Å². The number of thioether (sulfide) groups is 1. The van der Waals surface area contributed by atoms with Gasteiger partial charge in [0.15, 0.2) is 5.16 Å². The van der Waals surface area contributed by atoms with E-state index < -0.39 is 0 Å². The second-order valence-corrected chi connectivity index (χ2v) is 5.55. The van der Waals surface area contributed by atoms with E-state index in [1.165, 1.54) is 0 Å². The van der Waals surface area contributed by atoms with Gasteiger partial charge in [-0.3, -0.25) is 0 Å². The van der Waals surface area contributed by atoms with Crippen LogP contribution in [0.1, 0.15) is 29.0 Å². The van der Waals surface area contributed by atoms with Gasteiger partial charge >= 0.3 is 0 Å². The summed E-state index contributed by atoms with van der Waals surface area (Å²) in [7, 11) is 1.89. The first-order chi connectivity index (χ1) is 9.15. The molecule has 1 aromatic heterocycles. The minimum atomic E-state index is -0.0115. The highest BCUT2D eigenvalue weighted by atomic mass is 32.2. The van der Waals surface area contributed by atoms with E-state index in [0.717, 1.165) is 16.4 Å². The SMILES string of the molecule is CC(Sc1ncc(CO)n1C)c1cccc(C#N)c1. The lowest BCUT2D eigenvalue weighted by atomic mass is 10.1. The van der Waals surface area contributed by atoms with Crippen molar-refractivity contribution in [2.24, 2.45) is 7.05 Å². The first kappa shape index (κ1) is 13.7. The molecule has 0 amide bonds. The molecule has 0 bridgehead atoms. The highest BCUT2D eigenvalue weighted by Gasteiger charge is 2.13. The van der Waals surface area contributed by atoms with Crippen LogP contribution in [0.4, 0.5) is 0 Å². The third kappa shape index (κ3) is 2.98. The molecular weight excluding hydrogens is 258 g/mol. The van der Waals surface area contributed by atoms with Gasteiger partial charge in [-0.1, -0.05) is 23.9 Å². The van der Waals surface area contributed by atoms with Gasteiger partial charge < -0.3 is 9.67 Å². The monoisotopic (exact) mass is 273 g/mol. The predicted octanol–water partition coefficient (Wildman–Crippen LogP) is 2.64. The highest BCUT2D eigenvalue weighted by Crippen LogP contribution is 2.34. The lowest BCUT2D eigenvalue weighted by Gasteiger charge is -2.12. The molecule has 1 N–H and O–H groups in total. The summed E-state index contributed by atoms with van der Waals surface area (Å²) in [6.45, 7) is 2.07. The molecule has 0 aliphatic heterocycles. The Bertz CT molecular complexity index is 615. The van der Waals surface area contributed by atoms with E-state index in [1.54, 1.807) is 24.0 Å². The van der Waals surface area contributed by atoms with Crippen LogP contribution in [0, 0.1) is 11.3 Å². The Morgan fingerprint density at radius 3 is 2.95 bits per heavy atom. The molecular formula is C14H15N3OS. The summed E-state index contributed by atoms with van der Waals surface area (Å²) in [6, 6.07) is 9.74. The molecule has 0 aliphatic carbocycles. The van der Waals surface area contributed by atoms with Gasteiger partial charge in [0.05, 0.1) is 30.1 Å². The smallest absolute Gasteiger partial charge is 0.168 e. The van der Waals surface area contributed by atoms with Crippen LogP contribution in [0.3, 0.4) is 0 Å². The van der Waals surface area contributed by atoms with Crippen molar-refractivity contribution in [3.63, 3.8) is 0 Å². The van der Waals surface area contributed by atoms with Crippen molar-refractivity contribution in [2.75, 3.05) is 0 Å². The van der Waals surface area contributed by atoms with Crippen molar-refractivity contribution in [1.82, 2.24) is 9.55 Å². The van der Waals surface area contributed by atoms with Crippen LogP contribution >= 0.6 is 11.8 Å². The molecule has 0 fully saturated rings. The number of imidazole rings is 1. The molecule has 5 heteroatoms. The van der Waals surface area contributed by atoms with Crippen LogP contribution in [-0.4, -0.2) is 14.7 Å². The van der Waals surface area contributed by atoms with E-state index in [4.69, 9.17) is 10.4 Å². The minimum Gasteiger partial charge on any atom is -0.390 e. The van der Waals surface area contributed by atoms with Crippen molar-refractivity contribution >= 4 is 11.8 Å². The summed E-state index contributed by atoms with van der Waals surface area (Å²) in [5.74, 6) is 0. The molecule has 1 atom stereocenters. The molecule has 1 unspecified atom stereocenters. The normalized spacial score (nSPS) is 12.1. The van der Waals surface area contributed by atoms with Gasteiger partial charge in [-0.15, -0.1) is 0 Å². The van der Waals surface area contributed by atoms with Crippen LogP contribution in [0.2, 0.25) is 0 Å². The van der Waals surface area contributed by atoms with Gasteiger partial charge in [0.2, 0.25) is 0 Å². The van der Waals surface area contributed by atoms with Crippen molar-refractivity contribution < 1.29 is 5.11 Å². The maximum atomic E-state index is 9.15. The molecule has 0 spiro atoms. The number of nitriles is 1. The lowest BCUT2D eigenvalue weighted by molar-refractivity contribution is 0.271. The largest absolute Gasteiger partial charge is 0.390 e. The number of rotatable bonds is 4. The molecule has 0 saturated carbocycles. The first-order valence-electron chi connectivity index (χ1n) is 5.94. The predicted molar refractivity (Wildman–Crippen MR) is 74.6 cm³/mol. The fourth-order valence-electron chi connectivity index (χ4n) is 1.77. The van der Waals surface area contributed by atoms with Crippen LogP contribution < -0.4 is 0 Å². The van der Waals surface area contributed by atoms with Gasteiger partial charge in [0.25, 0.3) is 0 Å². The Balaban J connectivity index is 2.18. The van der Waals surface area contributed by atoms with Gasteiger partial charge in [-0.05, 0) is 24.6 Å². The Hall–Kier alpha value is -1.77. The van der Waals surface area contributed by atoms with Crippen LogP contribution in [0.25, 0.3) is 0 Å². The molecule has 2 rings (SSSR count). The maximum Gasteiger partial charge on any atom is 0.168 e. The number of hydrogen-bond acceptors (Lipinski definition) is 4. The second-order valence-electron chi connectivity index (χ2n) is 4.25. The standard InChI is InChI=1S/C14H15N3OS/c1-10(12-5-3-4-11(6-12)7-15)19-14-16-8-13(9-18)17(14)2/h3-6,8,10,18H,9H2,1-2H3. The number of aliphatic hydroxyl groups excluding tert-OH is 1. The molecule has 4 nitrogen and oxygen atoms in total. The summed E-state index contributed by atoms with van der Waals surface area (Å²) in [5.41, 5.74) is 2.55. The van der Waals surface area contributed by atoms with Gasteiger partial charge in [-0.2, -0.15) is 5.26 Å². The molecule has 0 radical (unpaired) electrons. The van der Waals surface area contributed by atoms with Crippen LogP contribution in [0.15, 0.2) is 35.6 Å². The Morgan fingerprint density at radius 1 is 1.53 bits per heavy atom. The summed E-state index contributed by atoms with van der Waals surface area (Å²) < 4.78 is 1.88. The van der Waals surface area contributed by atoms with E-state index in [2.05, 4.69) is 18.0 Å². The Kier molecular flexibility index (Phi) is 4.25. The summed E-state index contributed by atoms with van der Waals surface area (Å²) in [4.78, 5) is 4.30. The third-order valence-electron chi connectivity index (χ3n) is 2.97. The summed E-state index contributed by atoms with van der Waals surface area (Å²) in [5, 5.41) is 19.1. The number of hydrogen-bond donors (Lipinski definition) is 1. The topological polar surface area (TPSA) is 61.8 Å². The van der Waals surface area contributed by atoms with E-state index in [1.807, 2.05) is 29.8 Å². The average molecular weight is 273 g/mol. The number of aliphatic hydroxyl groups is 1. The van der Waals surface area contributed by atoms with E-state index >= 15 is 0 Å². The first-order valence-corrected chi connectivity index (χ1v) is 6.82. The highest BCUT2D eigenvalue weighted by molar-refractivity contribution is 7.99. The van der Waals surface area contributed by atoms with Crippen molar-refractivity contribution in [3.8, 4) is 6.07 Å². The third-order valence-corrected chi connectivity index (χ3v) is 4.19. The van der Waals surface area contributed by atoms with Gasteiger partial charge in [0, 0.05) is 12.3 Å². The number of benzene rings is 1. The number of aromatic nitrogens is 2.